The summed E-state index contributed by atoms with van der Waals surface area (Å²) in [5.41, 5.74) is 2.89. The number of hydrogen-bond donors (Lipinski definition) is 1. The number of carbonyl (C=O) groups excluding carboxylic acids is 1. The Balaban J connectivity index is 1.91. The Kier molecular flexibility index (Phi) is 5.89. The van der Waals surface area contributed by atoms with Gasteiger partial charge in [-0.3, -0.25) is 9.48 Å². The van der Waals surface area contributed by atoms with Gasteiger partial charge in [0.05, 0.1) is 18.2 Å². The van der Waals surface area contributed by atoms with Gasteiger partial charge >= 0.3 is 0 Å². The summed E-state index contributed by atoms with van der Waals surface area (Å²) in [5, 5.41) is 7.99. The number of ether oxygens (including phenoxy) is 1. The van der Waals surface area contributed by atoms with Gasteiger partial charge in [0.15, 0.2) is 0 Å². The Bertz CT molecular complexity index is 710. The second-order valence-corrected chi connectivity index (χ2v) is 6.49. The van der Waals surface area contributed by atoms with Crippen molar-refractivity contribution in [2.45, 2.75) is 39.7 Å². The third-order valence-electron chi connectivity index (χ3n) is 4.11. The highest BCUT2D eigenvalue weighted by Crippen LogP contribution is 2.23. The lowest BCUT2D eigenvalue weighted by molar-refractivity contribution is -0.122. The Morgan fingerprint density at radius 3 is 2.46 bits per heavy atom. The summed E-state index contributed by atoms with van der Waals surface area (Å²) in [6.45, 7) is 8.16. The standard InChI is InChI=1S/C18H24ClN3O2/c1-11(24-16-8-6-15(19)7-9-16)10-20-18(23)12(2)17-13(3)21-22(5)14(17)4/h6-9,11-12H,10H2,1-5H3,(H,20,23)/t11-,12-/m0/s1. The molecule has 1 aromatic heterocycles. The fraction of sp³-hybridized carbons (Fsp3) is 0.444. The van der Waals surface area contributed by atoms with E-state index in [1.165, 1.54) is 0 Å². The first-order valence-electron chi connectivity index (χ1n) is 7.99. The van der Waals surface area contributed by atoms with Crippen LogP contribution in [0.3, 0.4) is 0 Å². The number of benzene rings is 1. The van der Waals surface area contributed by atoms with Crippen LogP contribution in [-0.4, -0.2) is 28.3 Å². The Labute approximate surface area is 148 Å². The van der Waals surface area contributed by atoms with Gasteiger partial charge in [0, 0.05) is 23.3 Å². The van der Waals surface area contributed by atoms with Crippen molar-refractivity contribution in [3.8, 4) is 5.75 Å². The van der Waals surface area contributed by atoms with Gasteiger partial charge in [0.1, 0.15) is 11.9 Å². The van der Waals surface area contributed by atoms with Gasteiger partial charge in [-0.25, -0.2) is 0 Å². The number of aromatic nitrogens is 2. The number of halogens is 1. The molecule has 0 saturated heterocycles. The molecule has 0 saturated carbocycles. The van der Waals surface area contributed by atoms with E-state index in [-0.39, 0.29) is 17.9 Å². The van der Waals surface area contributed by atoms with Gasteiger partial charge in [-0.1, -0.05) is 11.6 Å². The van der Waals surface area contributed by atoms with Gasteiger partial charge in [-0.2, -0.15) is 5.10 Å². The van der Waals surface area contributed by atoms with E-state index >= 15 is 0 Å². The highest BCUT2D eigenvalue weighted by atomic mass is 35.5. The average molecular weight is 350 g/mol. The van der Waals surface area contributed by atoms with Crippen molar-refractivity contribution in [2.24, 2.45) is 7.05 Å². The van der Waals surface area contributed by atoms with Crippen LogP contribution in [0.4, 0.5) is 0 Å². The van der Waals surface area contributed by atoms with Crippen molar-refractivity contribution in [3.63, 3.8) is 0 Å². The van der Waals surface area contributed by atoms with Gasteiger partial charge in [-0.05, 0) is 52.0 Å². The van der Waals surface area contributed by atoms with E-state index in [2.05, 4.69) is 10.4 Å². The lowest BCUT2D eigenvalue weighted by Gasteiger charge is -2.18. The maximum Gasteiger partial charge on any atom is 0.227 e. The Morgan fingerprint density at radius 1 is 1.29 bits per heavy atom. The molecule has 24 heavy (non-hydrogen) atoms. The minimum Gasteiger partial charge on any atom is -0.489 e. The van der Waals surface area contributed by atoms with Crippen LogP contribution < -0.4 is 10.1 Å². The van der Waals surface area contributed by atoms with Crippen molar-refractivity contribution in [1.29, 1.82) is 0 Å². The molecule has 2 atom stereocenters. The maximum atomic E-state index is 12.4. The quantitative estimate of drug-likeness (QED) is 0.869. The first-order chi connectivity index (χ1) is 11.3. The van der Waals surface area contributed by atoms with Crippen LogP contribution >= 0.6 is 11.6 Å². The van der Waals surface area contributed by atoms with Crippen LogP contribution in [0.5, 0.6) is 5.75 Å². The number of nitrogens with zero attached hydrogens (tertiary/aromatic N) is 2. The molecule has 0 aliphatic heterocycles. The second kappa shape index (κ2) is 7.71. The van der Waals surface area contributed by atoms with E-state index < -0.39 is 0 Å². The number of amides is 1. The van der Waals surface area contributed by atoms with E-state index in [9.17, 15) is 4.79 Å². The molecular formula is C18H24ClN3O2. The summed E-state index contributed by atoms with van der Waals surface area (Å²) in [4.78, 5) is 12.4. The van der Waals surface area contributed by atoms with Gasteiger partial charge in [-0.15, -0.1) is 0 Å². The molecule has 1 heterocycles. The van der Waals surface area contributed by atoms with Crippen molar-refractivity contribution in [2.75, 3.05) is 6.54 Å². The molecule has 0 radical (unpaired) electrons. The third kappa shape index (κ3) is 4.29. The Morgan fingerprint density at radius 2 is 1.92 bits per heavy atom. The summed E-state index contributed by atoms with van der Waals surface area (Å²) in [6, 6.07) is 7.17. The summed E-state index contributed by atoms with van der Waals surface area (Å²) >= 11 is 5.85. The normalized spacial score (nSPS) is 13.4. The van der Waals surface area contributed by atoms with Crippen molar-refractivity contribution < 1.29 is 9.53 Å². The third-order valence-corrected chi connectivity index (χ3v) is 4.36. The monoisotopic (exact) mass is 349 g/mol. The van der Waals surface area contributed by atoms with E-state index in [0.717, 1.165) is 22.7 Å². The van der Waals surface area contributed by atoms with E-state index in [1.54, 1.807) is 16.8 Å². The lowest BCUT2D eigenvalue weighted by atomic mass is 9.98. The number of hydrogen-bond acceptors (Lipinski definition) is 3. The largest absolute Gasteiger partial charge is 0.489 e. The highest BCUT2D eigenvalue weighted by molar-refractivity contribution is 6.30. The van der Waals surface area contributed by atoms with Crippen LogP contribution in [0.15, 0.2) is 24.3 Å². The van der Waals surface area contributed by atoms with Crippen LogP contribution in [0.2, 0.25) is 5.02 Å². The predicted molar refractivity (Wildman–Crippen MR) is 95.6 cm³/mol. The SMILES string of the molecule is Cc1nn(C)c(C)c1[C@H](C)C(=O)NC[C@H](C)Oc1ccc(Cl)cc1. The molecule has 2 aromatic rings. The number of rotatable bonds is 6. The van der Waals surface area contributed by atoms with Crippen LogP contribution in [0, 0.1) is 13.8 Å². The molecule has 2 rings (SSSR count). The molecule has 0 bridgehead atoms. The average Bonchev–Trinajstić information content (AvgIpc) is 2.79. The minimum absolute atomic E-state index is 0.0271. The van der Waals surface area contributed by atoms with Crippen LogP contribution in [0.25, 0.3) is 0 Å². The maximum absolute atomic E-state index is 12.4. The molecule has 0 unspecified atom stereocenters. The van der Waals surface area contributed by atoms with Crippen molar-refractivity contribution >= 4 is 17.5 Å². The molecule has 130 valence electrons. The zero-order valence-electron chi connectivity index (χ0n) is 14.8. The van der Waals surface area contributed by atoms with Crippen LogP contribution in [-0.2, 0) is 11.8 Å². The summed E-state index contributed by atoms with van der Waals surface area (Å²) in [5.74, 6) is 0.454. The van der Waals surface area contributed by atoms with Gasteiger partial charge < -0.3 is 10.1 Å². The first kappa shape index (κ1) is 18.3. The highest BCUT2D eigenvalue weighted by Gasteiger charge is 2.22. The fourth-order valence-electron chi connectivity index (χ4n) is 2.73. The van der Waals surface area contributed by atoms with E-state index in [1.807, 2.05) is 46.9 Å². The summed E-state index contributed by atoms with van der Waals surface area (Å²) in [6.07, 6.45) is -0.140. The smallest absolute Gasteiger partial charge is 0.227 e. The molecule has 0 aliphatic rings. The van der Waals surface area contributed by atoms with Gasteiger partial charge in [0.2, 0.25) is 5.91 Å². The fourth-order valence-corrected chi connectivity index (χ4v) is 2.86. The molecule has 0 fully saturated rings. The van der Waals surface area contributed by atoms with Crippen LogP contribution in [0.1, 0.15) is 36.7 Å². The molecule has 0 aliphatic carbocycles. The first-order valence-corrected chi connectivity index (χ1v) is 8.37. The predicted octanol–water partition coefficient (Wildman–Crippen LogP) is 3.38. The second-order valence-electron chi connectivity index (χ2n) is 6.06. The molecule has 5 nitrogen and oxygen atoms in total. The zero-order chi connectivity index (χ0) is 17.9. The van der Waals surface area contributed by atoms with Crippen molar-refractivity contribution in [3.05, 3.63) is 46.2 Å². The summed E-state index contributed by atoms with van der Waals surface area (Å²) < 4.78 is 7.57. The molecule has 6 heteroatoms. The topological polar surface area (TPSA) is 56.2 Å². The van der Waals surface area contributed by atoms with Crippen molar-refractivity contribution in [1.82, 2.24) is 15.1 Å². The molecular weight excluding hydrogens is 326 g/mol. The molecule has 1 N–H and O–H groups in total. The summed E-state index contributed by atoms with van der Waals surface area (Å²) in [7, 11) is 1.89. The van der Waals surface area contributed by atoms with E-state index in [4.69, 9.17) is 16.3 Å². The van der Waals surface area contributed by atoms with E-state index in [0.29, 0.717) is 11.6 Å². The lowest BCUT2D eigenvalue weighted by Crippen LogP contribution is -2.36. The molecule has 0 spiro atoms. The minimum atomic E-state index is -0.249. The molecule has 1 amide bonds. The zero-order valence-corrected chi connectivity index (χ0v) is 15.5. The molecule has 1 aromatic carbocycles. The van der Waals surface area contributed by atoms with Gasteiger partial charge in [0.25, 0.3) is 0 Å². The Hall–Kier alpha value is -2.01. The number of nitrogens with one attached hydrogen (secondary N) is 1. The number of carbonyl (C=O) groups is 1. The number of aryl methyl sites for hydroxylation is 2.